The maximum absolute atomic E-state index is 13.1. The van der Waals surface area contributed by atoms with Crippen LogP contribution in [0.1, 0.15) is 15.9 Å². The van der Waals surface area contributed by atoms with E-state index >= 15 is 0 Å². The molecule has 0 radical (unpaired) electrons. The van der Waals surface area contributed by atoms with E-state index < -0.39 is 11.5 Å². The molecule has 4 aromatic rings. The van der Waals surface area contributed by atoms with E-state index in [0.29, 0.717) is 27.8 Å². The van der Waals surface area contributed by atoms with E-state index in [4.69, 9.17) is 9.47 Å². The molecule has 2 aromatic heterocycles. The van der Waals surface area contributed by atoms with Gasteiger partial charge in [0.1, 0.15) is 5.56 Å². The second-order valence-electron chi connectivity index (χ2n) is 6.61. The summed E-state index contributed by atoms with van der Waals surface area (Å²) >= 11 is 1.35. The lowest BCUT2D eigenvalue weighted by Gasteiger charge is -2.10. The first-order valence-electron chi connectivity index (χ1n) is 9.11. The summed E-state index contributed by atoms with van der Waals surface area (Å²) in [7, 11) is 3.04. The lowest BCUT2D eigenvalue weighted by molar-refractivity contribution is 0.102. The van der Waals surface area contributed by atoms with E-state index in [9.17, 15) is 9.59 Å². The zero-order valence-corrected chi connectivity index (χ0v) is 17.4. The van der Waals surface area contributed by atoms with Crippen molar-refractivity contribution < 1.29 is 14.3 Å². The fourth-order valence-electron chi connectivity index (χ4n) is 3.09. The number of aromatic nitrogens is 2. The van der Waals surface area contributed by atoms with E-state index in [0.717, 1.165) is 11.1 Å². The number of amides is 1. The quantitative estimate of drug-likeness (QED) is 0.527. The summed E-state index contributed by atoms with van der Waals surface area (Å²) in [5, 5.41) is 4.59. The molecule has 30 heavy (non-hydrogen) atoms. The molecule has 7 nitrogen and oxygen atoms in total. The highest BCUT2D eigenvalue weighted by atomic mass is 32.1. The van der Waals surface area contributed by atoms with Gasteiger partial charge in [-0.05, 0) is 24.6 Å². The fraction of sp³-hybridized carbons (Fsp3) is 0.136. The molecule has 0 aliphatic carbocycles. The number of hydrogen-bond donors (Lipinski definition) is 1. The Hall–Kier alpha value is -3.65. The van der Waals surface area contributed by atoms with Crippen LogP contribution in [0.3, 0.4) is 0 Å². The normalized spacial score (nSPS) is 10.8. The largest absolute Gasteiger partial charge is 0.493 e. The molecule has 0 saturated carbocycles. The van der Waals surface area contributed by atoms with Gasteiger partial charge in [0.05, 0.1) is 19.9 Å². The summed E-state index contributed by atoms with van der Waals surface area (Å²) in [6.45, 7) is 2.00. The number of hydrogen-bond acceptors (Lipinski definition) is 6. The minimum atomic E-state index is -0.546. The molecule has 1 amide bonds. The number of carbonyl (C=O) groups excluding carboxylic acids is 1. The van der Waals surface area contributed by atoms with Gasteiger partial charge in [0.15, 0.2) is 16.5 Å². The third-order valence-electron chi connectivity index (χ3n) is 4.68. The van der Waals surface area contributed by atoms with Crippen molar-refractivity contribution in [2.45, 2.75) is 6.92 Å². The molecule has 2 aromatic carbocycles. The summed E-state index contributed by atoms with van der Waals surface area (Å²) in [6.07, 6.45) is 1.31. The van der Waals surface area contributed by atoms with Crippen LogP contribution >= 0.6 is 11.3 Å². The summed E-state index contributed by atoms with van der Waals surface area (Å²) in [5.41, 5.74) is 2.72. The van der Waals surface area contributed by atoms with Crippen molar-refractivity contribution in [2.24, 2.45) is 0 Å². The molecule has 0 spiro atoms. The second kappa shape index (κ2) is 8.00. The van der Waals surface area contributed by atoms with Crippen molar-refractivity contribution in [2.75, 3.05) is 19.5 Å². The number of fused-ring (bicyclic) bond motifs is 1. The average molecular weight is 421 g/mol. The van der Waals surface area contributed by atoms with Crippen LogP contribution in [0.5, 0.6) is 11.5 Å². The Morgan fingerprint density at radius 2 is 1.80 bits per heavy atom. The van der Waals surface area contributed by atoms with Crippen LogP contribution in [0.15, 0.2) is 58.8 Å². The van der Waals surface area contributed by atoms with Gasteiger partial charge < -0.3 is 14.8 Å². The van der Waals surface area contributed by atoms with Crippen molar-refractivity contribution in [3.63, 3.8) is 0 Å². The molecule has 8 heteroatoms. The monoisotopic (exact) mass is 421 g/mol. The molecule has 0 saturated heterocycles. The molecule has 152 valence electrons. The number of anilines is 1. The maximum Gasteiger partial charge on any atom is 0.271 e. The van der Waals surface area contributed by atoms with E-state index in [-0.39, 0.29) is 5.56 Å². The summed E-state index contributed by atoms with van der Waals surface area (Å²) in [4.78, 5) is 30.8. The Labute approximate surface area is 176 Å². The van der Waals surface area contributed by atoms with Crippen molar-refractivity contribution >= 4 is 27.9 Å². The molecule has 0 unspecified atom stereocenters. The number of nitrogens with zero attached hydrogens (tertiary/aromatic N) is 2. The number of methoxy groups -OCH3 is 2. The van der Waals surface area contributed by atoms with Crippen LogP contribution in [0.4, 0.5) is 5.69 Å². The number of carbonyl (C=O) groups is 1. The number of benzene rings is 2. The minimum Gasteiger partial charge on any atom is -0.493 e. The number of aryl methyl sites for hydroxylation is 1. The molecular weight excluding hydrogens is 402 g/mol. The van der Waals surface area contributed by atoms with E-state index in [1.165, 1.54) is 36.2 Å². The third-order valence-corrected chi connectivity index (χ3v) is 5.52. The van der Waals surface area contributed by atoms with Crippen molar-refractivity contribution in [3.8, 4) is 22.8 Å². The standard InChI is InChI=1S/C22H19N3O4S/c1-13-4-6-14(7-5-13)17-12-30-22-23-11-16(21(27)25(17)22)20(26)24-15-8-9-18(28-2)19(10-15)29-3/h4-12H,1-3H3,(H,24,26). The summed E-state index contributed by atoms with van der Waals surface area (Å²) in [5.74, 6) is 0.468. The molecule has 0 aliphatic rings. The maximum atomic E-state index is 13.1. The average Bonchev–Trinajstić information content (AvgIpc) is 3.19. The van der Waals surface area contributed by atoms with Gasteiger partial charge in [0.25, 0.3) is 11.5 Å². The zero-order valence-electron chi connectivity index (χ0n) is 16.6. The topological polar surface area (TPSA) is 81.9 Å². The van der Waals surface area contributed by atoms with E-state index in [1.807, 2.05) is 36.6 Å². The zero-order chi connectivity index (χ0) is 21.3. The van der Waals surface area contributed by atoms with Gasteiger partial charge in [0, 0.05) is 23.3 Å². The molecular formula is C22H19N3O4S. The third kappa shape index (κ3) is 3.53. The van der Waals surface area contributed by atoms with Crippen molar-refractivity contribution in [3.05, 3.63) is 75.5 Å². The van der Waals surface area contributed by atoms with Gasteiger partial charge in [-0.1, -0.05) is 29.8 Å². The Kier molecular flexibility index (Phi) is 5.24. The fourth-order valence-corrected chi connectivity index (χ4v) is 3.95. The lowest BCUT2D eigenvalue weighted by atomic mass is 10.1. The highest BCUT2D eigenvalue weighted by Gasteiger charge is 2.18. The van der Waals surface area contributed by atoms with Crippen LogP contribution in [0.25, 0.3) is 16.2 Å². The van der Waals surface area contributed by atoms with Crippen LogP contribution in [-0.2, 0) is 0 Å². The summed E-state index contributed by atoms with van der Waals surface area (Å²) < 4.78 is 11.9. The van der Waals surface area contributed by atoms with E-state index in [1.54, 1.807) is 18.2 Å². The molecule has 0 atom stereocenters. The van der Waals surface area contributed by atoms with Crippen LogP contribution in [0, 0.1) is 6.92 Å². The first kappa shape index (κ1) is 19.7. The van der Waals surface area contributed by atoms with Gasteiger partial charge in [0.2, 0.25) is 0 Å². The first-order chi connectivity index (χ1) is 14.5. The molecule has 4 rings (SSSR count). The highest BCUT2D eigenvalue weighted by Crippen LogP contribution is 2.30. The Morgan fingerprint density at radius 3 is 2.50 bits per heavy atom. The van der Waals surface area contributed by atoms with Gasteiger partial charge in [-0.3, -0.25) is 14.0 Å². The first-order valence-corrected chi connectivity index (χ1v) is 9.99. The highest BCUT2D eigenvalue weighted by molar-refractivity contribution is 7.15. The SMILES string of the molecule is COc1ccc(NC(=O)c2cnc3scc(-c4ccc(C)cc4)n3c2=O)cc1OC. The molecule has 0 bridgehead atoms. The molecule has 0 fully saturated rings. The number of thiazole rings is 1. The Bertz CT molecular complexity index is 1290. The van der Waals surface area contributed by atoms with Crippen LogP contribution in [0.2, 0.25) is 0 Å². The predicted molar refractivity (Wildman–Crippen MR) is 117 cm³/mol. The Balaban J connectivity index is 1.72. The lowest BCUT2D eigenvalue weighted by Crippen LogP contribution is -2.26. The van der Waals surface area contributed by atoms with Gasteiger partial charge in [-0.2, -0.15) is 0 Å². The molecule has 0 aliphatic heterocycles. The van der Waals surface area contributed by atoms with E-state index in [2.05, 4.69) is 10.3 Å². The molecule has 2 heterocycles. The van der Waals surface area contributed by atoms with Gasteiger partial charge >= 0.3 is 0 Å². The predicted octanol–water partition coefficient (Wildman–Crippen LogP) is 4.00. The molecule has 1 N–H and O–H groups in total. The van der Waals surface area contributed by atoms with Crippen molar-refractivity contribution in [1.29, 1.82) is 0 Å². The second-order valence-corrected chi connectivity index (χ2v) is 7.44. The number of rotatable bonds is 5. The van der Waals surface area contributed by atoms with Crippen LogP contribution < -0.4 is 20.3 Å². The van der Waals surface area contributed by atoms with Crippen LogP contribution in [-0.4, -0.2) is 29.5 Å². The Morgan fingerprint density at radius 1 is 1.07 bits per heavy atom. The van der Waals surface area contributed by atoms with Gasteiger partial charge in [-0.15, -0.1) is 11.3 Å². The van der Waals surface area contributed by atoms with Gasteiger partial charge in [-0.25, -0.2) is 4.98 Å². The smallest absolute Gasteiger partial charge is 0.271 e. The van der Waals surface area contributed by atoms with Crippen molar-refractivity contribution in [1.82, 2.24) is 9.38 Å². The minimum absolute atomic E-state index is 0.0472. The number of ether oxygens (including phenoxy) is 2. The number of nitrogens with one attached hydrogen (secondary N) is 1. The summed E-state index contributed by atoms with van der Waals surface area (Å²) in [6, 6.07) is 12.8.